The number of amides is 1. The first-order valence-electron chi connectivity index (χ1n) is 8.18. The SMILES string of the molecule is Cn1c(CNc2ccc(Cl)cc2)nnc1SCC(=O)Nc1ccc(Cl)cc1Cl. The van der Waals surface area contributed by atoms with Gasteiger partial charge in [-0.2, -0.15) is 0 Å². The van der Waals surface area contributed by atoms with E-state index in [9.17, 15) is 4.79 Å². The monoisotopic (exact) mass is 455 g/mol. The Morgan fingerprint density at radius 2 is 1.79 bits per heavy atom. The summed E-state index contributed by atoms with van der Waals surface area (Å²) in [5.41, 5.74) is 1.45. The lowest BCUT2D eigenvalue weighted by molar-refractivity contribution is -0.113. The molecule has 10 heteroatoms. The first-order valence-corrected chi connectivity index (χ1v) is 10.3. The molecule has 3 rings (SSSR count). The fraction of sp³-hybridized carbons (Fsp3) is 0.167. The molecule has 28 heavy (non-hydrogen) atoms. The lowest BCUT2D eigenvalue weighted by atomic mass is 10.3. The van der Waals surface area contributed by atoms with Gasteiger partial charge < -0.3 is 15.2 Å². The summed E-state index contributed by atoms with van der Waals surface area (Å²) in [4.78, 5) is 12.2. The van der Waals surface area contributed by atoms with Gasteiger partial charge in [-0.15, -0.1) is 10.2 Å². The van der Waals surface area contributed by atoms with E-state index in [1.165, 1.54) is 11.8 Å². The third-order valence-electron chi connectivity index (χ3n) is 3.76. The summed E-state index contributed by atoms with van der Waals surface area (Å²) in [6.45, 7) is 0.498. The highest BCUT2D eigenvalue weighted by Crippen LogP contribution is 2.26. The number of benzene rings is 2. The van der Waals surface area contributed by atoms with Crippen molar-refractivity contribution in [3.8, 4) is 0 Å². The van der Waals surface area contributed by atoms with Crippen LogP contribution in [0.3, 0.4) is 0 Å². The van der Waals surface area contributed by atoms with Crippen LogP contribution >= 0.6 is 46.6 Å². The van der Waals surface area contributed by atoms with E-state index >= 15 is 0 Å². The summed E-state index contributed by atoms with van der Waals surface area (Å²) in [7, 11) is 1.86. The van der Waals surface area contributed by atoms with Crippen molar-refractivity contribution in [2.24, 2.45) is 7.05 Å². The Hall–Kier alpha value is -1.93. The average Bonchev–Trinajstić information content (AvgIpc) is 3.02. The summed E-state index contributed by atoms with van der Waals surface area (Å²) >= 11 is 19.1. The van der Waals surface area contributed by atoms with Crippen molar-refractivity contribution in [3.63, 3.8) is 0 Å². The lowest BCUT2D eigenvalue weighted by Gasteiger charge is -2.08. The number of nitrogens with one attached hydrogen (secondary N) is 2. The maximum atomic E-state index is 12.2. The molecule has 146 valence electrons. The average molecular weight is 457 g/mol. The van der Waals surface area contributed by atoms with Crippen LogP contribution in [0, 0.1) is 0 Å². The minimum Gasteiger partial charge on any atom is -0.378 e. The van der Waals surface area contributed by atoms with Gasteiger partial charge in [0.05, 0.1) is 23.0 Å². The quantitative estimate of drug-likeness (QED) is 0.483. The van der Waals surface area contributed by atoms with E-state index in [1.807, 2.05) is 35.9 Å². The maximum absolute atomic E-state index is 12.2. The topological polar surface area (TPSA) is 71.8 Å². The van der Waals surface area contributed by atoms with Gasteiger partial charge in [-0.05, 0) is 42.5 Å². The Balaban J connectivity index is 1.53. The van der Waals surface area contributed by atoms with Gasteiger partial charge in [0.25, 0.3) is 0 Å². The molecular formula is C18H16Cl3N5OS. The number of rotatable bonds is 7. The molecule has 1 aromatic heterocycles. The molecule has 0 aliphatic rings. The second-order valence-corrected chi connectivity index (χ2v) is 8.00. The van der Waals surface area contributed by atoms with Crippen LogP contribution < -0.4 is 10.6 Å². The van der Waals surface area contributed by atoms with Crippen LogP contribution in [0.2, 0.25) is 15.1 Å². The summed E-state index contributed by atoms with van der Waals surface area (Å²) < 4.78 is 1.84. The molecule has 2 aromatic carbocycles. The second kappa shape index (κ2) is 9.52. The molecule has 0 unspecified atom stereocenters. The second-order valence-electron chi connectivity index (χ2n) is 5.78. The molecule has 0 fully saturated rings. The number of nitrogens with zero attached hydrogens (tertiary/aromatic N) is 3. The van der Waals surface area contributed by atoms with E-state index in [1.54, 1.807) is 18.2 Å². The zero-order chi connectivity index (χ0) is 20.1. The Morgan fingerprint density at radius 3 is 2.50 bits per heavy atom. The Kier molecular flexibility index (Phi) is 7.07. The number of carbonyl (C=O) groups excluding carboxylic acids is 1. The van der Waals surface area contributed by atoms with Crippen LogP contribution in [-0.2, 0) is 18.4 Å². The van der Waals surface area contributed by atoms with Crippen LogP contribution in [0.25, 0.3) is 0 Å². The van der Waals surface area contributed by atoms with Crippen molar-refractivity contribution in [3.05, 3.63) is 63.4 Å². The number of hydrogen-bond acceptors (Lipinski definition) is 5. The molecule has 0 bridgehead atoms. The third kappa shape index (κ3) is 5.54. The molecule has 3 aromatic rings. The number of carbonyl (C=O) groups is 1. The highest BCUT2D eigenvalue weighted by atomic mass is 35.5. The van der Waals surface area contributed by atoms with Crippen LogP contribution in [0.4, 0.5) is 11.4 Å². The molecule has 0 saturated heterocycles. The maximum Gasteiger partial charge on any atom is 0.234 e. The molecule has 1 heterocycles. The summed E-state index contributed by atoms with van der Waals surface area (Å²) in [6.07, 6.45) is 0. The minimum absolute atomic E-state index is 0.176. The highest BCUT2D eigenvalue weighted by molar-refractivity contribution is 7.99. The number of aromatic nitrogens is 3. The smallest absolute Gasteiger partial charge is 0.234 e. The van der Waals surface area contributed by atoms with Gasteiger partial charge in [0.2, 0.25) is 5.91 Å². The Bertz CT molecular complexity index is 978. The van der Waals surface area contributed by atoms with Crippen LogP contribution in [-0.4, -0.2) is 26.4 Å². The molecule has 0 saturated carbocycles. The predicted octanol–water partition coefficient (Wildman–Crippen LogP) is 5.12. The van der Waals surface area contributed by atoms with E-state index in [2.05, 4.69) is 20.8 Å². The highest BCUT2D eigenvalue weighted by Gasteiger charge is 2.12. The summed E-state index contributed by atoms with van der Waals surface area (Å²) in [6, 6.07) is 12.3. The van der Waals surface area contributed by atoms with Gasteiger partial charge in [0, 0.05) is 22.8 Å². The van der Waals surface area contributed by atoms with E-state index in [-0.39, 0.29) is 11.7 Å². The standard InChI is InChI=1S/C18H16Cl3N5OS/c1-26-16(9-22-13-5-2-11(19)3-6-13)24-25-18(26)28-10-17(27)23-15-7-4-12(20)8-14(15)21/h2-8,22H,9-10H2,1H3,(H,23,27). The first-order chi connectivity index (χ1) is 13.4. The molecule has 2 N–H and O–H groups in total. The van der Waals surface area contributed by atoms with Crippen LogP contribution in [0.1, 0.15) is 5.82 Å². The van der Waals surface area contributed by atoms with E-state index in [4.69, 9.17) is 34.8 Å². The predicted molar refractivity (Wildman–Crippen MR) is 116 cm³/mol. The first kappa shape index (κ1) is 20.8. The zero-order valence-corrected chi connectivity index (χ0v) is 17.8. The van der Waals surface area contributed by atoms with Crippen molar-refractivity contribution in [2.75, 3.05) is 16.4 Å². The molecule has 1 amide bonds. The number of anilines is 2. The molecule has 0 atom stereocenters. The van der Waals surface area contributed by atoms with Gasteiger partial charge in [-0.25, -0.2) is 0 Å². The lowest BCUT2D eigenvalue weighted by Crippen LogP contribution is -2.15. The van der Waals surface area contributed by atoms with E-state index < -0.39 is 0 Å². The van der Waals surface area contributed by atoms with Crippen molar-refractivity contribution < 1.29 is 4.79 Å². The van der Waals surface area contributed by atoms with Crippen molar-refractivity contribution in [1.29, 1.82) is 0 Å². The fourth-order valence-electron chi connectivity index (χ4n) is 2.28. The van der Waals surface area contributed by atoms with Crippen molar-refractivity contribution in [1.82, 2.24) is 14.8 Å². The normalized spacial score (nSPS) is 10.7. The summed E-state index contributed by atoms with van der Waals surface area (Å²) in [5, 5.41) is 16.5. The minimum atomic E-state index is -0.196. The molecular weight excluding hydrogens is 441 g/mol. The fourth-order valence-corrected chi connectivity index (χ4v) is 3.59. The molecule has 0 radical (unpaired) electrons. The van der Waals surface area contributed by atoms with Gasteiger partial charge in [0.1, 0.15) is 0 Å². The Labute approximate surface area is 181 Å². The van der Waals surface area contributed by atoms with E-state index in [0.717, 1.165) is 11.5 Å². The van der Waals surface area contributed by atoms with Crippen molar-refractivity contribution >= 4 is 63.8 Å². The van der Waals surface area contributed by atoms with Crippen molar-refractivity contribution in [2.45, 2.75) is 11.7 Å². The summed E-state index contributed by atoms with van der Waals surface area (Å²) in [5.74, 6) is 0.729. The molecule has 0 spiro atoms. The zero-order valence-electron chi connectivity index (χ0n) is 14.7. The van der Waals surface area contributed by atoms with Crippen LogP contribution in [0.15, 0.2) is 47.6 Å². The van der Waals surface area contributed by atoms with E-state index in [0.29, 0.717) is 32.5 Å². The molecule has 6 nitrogen and oxygen atoms in total. The van der Waals surface area contributed by atoms with Gasteiger partial charge >= 0.3 is 0 Å². The third-order valence-corrected chi connectivity index (χ3v) is 5.58. The van der Waals surface area contributed by atoms with Gasteiger partial charge in [0.15, 0.2) is 11.0 Å². The Morgan fingerprint density at radius 1 is 1.07 bits per heavy atom. The number of halogens is 3. The van der Waals surface area contributed by atoms with Crippen LogP contribution in [0.5, 0.6) is 0 Å². The van der Waals surface area contributed by atoms with Gasteiger partial charge in [-0.3, -0.25) is 4.79 Å². The molecule has 0 aliphatic carbocycles. The largest absolute Gasteiger partial charge is 0.378 e. The molecule has 0 aliphatic heterocycles. The van der Waals surface area contributed by atoms with Gasteiger partial charge in [-0.1, -0.05) is 46.6 Å². The number of thioether (sulfide) groups is 1. The number of hydrogen-bond donors (Lipinski definition) is 2.